The fourth-order valence-electron chi connectivity index (χ4n) is 3.87. The third-order valence-electron chi connectivity index (χ3n) is 4.89. The van der Waals surface area contributed by atoms with E-state index in [0.29, 0.717) is 5.92 Å². The maximum absolute atomic E-state index is 11.2. The molecule has 1 fully saturated rings. The van der Waals surface area contributed by atoms with Crippen molar-refractivity contribution in [2.75, 3.05) is 6.54 Å². The van der Waals surface area contributed by atoms with Gasteiger partial charge >= 0.3 is 0 Å². The summed E-state index contributed by atoms with van der Waals surface area (Å²) in [7, 11) is 2.02. The van der Waals surface area contributed by atoms with Crippen molar-refractivity contribution in [2.24, 2.45) is 13.0 Å². The second-order valence-electron chi connectivity index (χ2n) is 6.23. The molecule has 1 saturated carbocycles. The molecule has 3 rings (SSSR count). The normalized spacial score (nSPS) is 18.0. The standard InChI is InChI=1S/C17H22N2O2/c1-18-11-16(14-9-5-6-10-17(14)18)15(12-19(20)21)13-7-3-2-4-8-13/h5-6,9-11,13,15H,2-4,7-8,12H2,1H3. The van der Waals surface area contributed by atoms with E-state index in [1.807, 2.05) is 19.2 Å². The predicted octanol–water partition coefficient (Wildman–Crippen LogP) is 4.12. The van der Waals surface area contributed by atoms with Crippen molar-refractivity contribution in [2.45, 2.75) is 38.0 Å². The number of aryl methyl sites for hydroxylation is 1. The van der Waals surface area contributed by atoms with E-state index in [9.17, 15) is 10.1 Å². The van der Waals surface area contributed by atoms with Crippen LogP contribution in [0.4, 0.5) is 0 Å². The summed E-state index contributed by atoms with van der Waals surface area (Å²) in [4.78, 5) is 11.0. The van der Waals surface area contributed by atoms with Crippen LogP contribution in [0.3, 0.4) is 0 Å². The fourth-order valence-corrected chi connectivity index (χ4v) is 3.87. The second-order valence-corrected chi connectivity index (χ2v) is 6.23. The summed E-state index contributed by atoms with van der Waals surface area (Å²) in [5.74, 6) is 0.501. The molecule has 1 aliphatic carbocycles. The van der Waals surface area contributed by atoms with Gasteiger partial charge in [-0.15, -0.1) is 0 Å². The highest BCUT2D eigenvalue weighted by atomic mass is 16.6. The van der Waals surface area contributed by atoms with Gasteiger partial charge in [-0.1, -0.05) is 37.5 Å². The zero-order chi connectivity index (χ0) is 14.8. The van der Waals surface area contributed by atoms with Crippen molar-refractivity contribution in [3.05, 3.63) is 46.1 Å². The molecule has 1 aromatic heterocycles. The van der Waals surface area contributed by atoms with E-state index in [-0.39, 0.29) is 17.4 Å². The van der Waals surface area contributed by atoms with Crippen molar-refractivity contribution in [1.29, 1.82) is 0 Å². The molecular weight excluding hydrogens is 264 g/mol. The smallest absolute Gasteiger partial charge is 0.211 e. The number of aromatic nitrogens is 1. The average Bonchev–Trinajstić information content (AvgIpc) is 2.83. The number of rotatable bonds is 4. The molecule has 1 heterocycles. The summed E-state index contributed by atoms with van der Waals surface area (Å²) >= 11 is 0. The van der Waals surface area contributed by atoms with Crippen LogP contribution >= 0.6 is 0 Å². The van der Waals surface area contributed by atoms with Crippen LogP contribution in [0.2, 0.25) is 0 Å². The molecule has 21 heavy (non-hydrogen) atoms. The maximum Gasteiger partial charge on any atom is 0.211 e. The van der Waals surface area contributed by atoms with E-state index in [1.165, 1.54) is 24.6 Å². The molecular formula is C17H22N2O2. The van der Waals surface area contributed by atoms with Gasteiger partial charge in [-0.3, -0.25) is 10.1 Å². The van der Waals surface area contributed by atoms with Gasteiger partial charge in [-0.2, -0.15) is 0 Å². The largest absolute Gasteiger partial charge is 0.350 e. The minimum Gasteiger partial charge on any atom is -0.350 e. The summed E-state index contributed by atoms with van der Waals surface area (Å²) in [6.45, 7) is 0.0542. The molecule has 0 saturated heterocycles. The lowest BCUT2D eigenvalue weighted by atomic mass is 9.77. The summed E-state index contributed by atoms with van der Waals surface area (Å²) in [6, 6.07) is 8.23. The van der Waals surface area contributed by atoms with Gasteiger partial charge in [0.2, 0.25) is 6.54 Å². The van der Waals surface area contributed by atoms with E-state index in [4.69, 9.17) is 0 Å². The summed E-state index contributed by atoms with van der Waals surface area (Å²) in [5, 5.41) is 12.3. The quantitative estimate of drug-likeness (QED) is 0.627. The fraction of sp³-hybridized carbons (Fsp3) is 0.529. The Kier molecular flexibility index (Phi) is 3.95. The van der Waals surface area contributed by atoms with Crippen LogP contribution in [-0.2, 0) is 7.05 Å². The minimum absolute atomic E-state index is 0.0476. The number of hydrogen-bond donors (Lipinski definition) is 0. The van der Waals surface area contributed by atoms with E-state index in [0.717, 1.165) is 23.9 Å². The average molecular weight is 286 g/mol. The van der Waals surface area contributed by atoms with Gasteiger partial charge in [-0.25, -0.2) is 0 Å². The molecule has 112 valence electrons. The molecule has 1 unspecified atom stereocenters. The third-order valence-corrected chi connectivity index (χ3v) is 4.89. The first kappa shape index (κ1) is 14.1. The Morgan fingerprint density at radius 2 is 2.00 bits per heavy atom. The van der Waals surface area contributed by atoms with E-state index < -0.39 is 0 Å². The van der Waals surface area contributed by atoms with Crippen LogP contribution in [0, 0.1) is 16.0 Å². The molecule has 1 aromatic carbocycles. The molecule has 0 amide bonds. The first-order valence-electron chi connectivity index (χ1n) is 7.82. The molecule has 1 aliphatic rings. The lowest BCUT2D eigenvalue weighted by Crippen LogP contribution is -2.23. The van der Waals surface area contributed by atoms with E-state index >= 15 is 0 Å². The number of hydrogen-bond acceptors (Lipinski definition) is 2. The van der Waals surface area contributed by atoms with Gasteiger partial charge in [0.15, 0.2) is 0 Å². The SMILES string of the molecule is Cn1cc(C(C[N+](=O)[O-])C2CCCCC2)c2ccccc21. The molecule has 0 spiro atoms. The number of nitro groups is 1. The molecule has 4 nitrogen and oxygen atoms in total. The molecule has 0 aliphatic heterocycles. The minimum atomic E-state index is -0.138. The van der Waals surface area contributed by atoms with E-state index in [2.05, 4.69) is 22.9 Å². The van der Waals surface area contributed by atoms with Gasteiger partial charge in [0.05, 0.1) is 5.92 Å². The first-order valence-corrected chi connectivity index (χ1v) is 7.82. The zero-order valence-corrected chi connectivity index (χ0v) is 12.5. The molecule has 0 radical (unpaired) electrons. The summed E-state index contributed by atoms with van der Waals surface area (Å²) in [6.07, 6.45) is 8.06. The highest BCUT2D eigenvalue weighted by molar-refractivity contribution is 5.84. The Labute approximate surface area is 124 Å². The molecule has 0 N–H and O–H groups in total. The second kappa shape index (κ2) is 5.88. The van der Waals surface area contributed by atoms with Crippen molar-refractivity contribution in [1.82, 2.24) is 4.57 Å². The highest BCUT2D eigenvalue weighted by Gasteiger charge is 2.31. The highest BCUT2D eigenvalue weighted by Crippen LogP contribution is 2.39. The molecule has 1 atom stereocenters. The topological polar surface area (TPSA) is 48.1 Å². The number of para-hydroxylation sites is 1. The summed E-state index contributed by atoms with van der Waals surface area (Å²) < 4.78 is 2.10. The maximum atomic E-state index is 11.2. The molecule has 0 bridgehead atoms. The van der Waals surface area contributed by atoms with Crippen LogP contribution in [0.15, 0.2) is 30.5 Å². The van der Waals surface area contributed by atoms with Crippen LogP contribution in [0.25, 0.3) is 10.9 Å². The lowest BCUT2D eigenvalue weighted by molar-refractivity contribution is -0.485. The third kappa shape index (κ3) is 2.80. The number of nitrogens with zero attached hydrogens (tertiary/aromatic N) is 2. The van der Waals surface area contributed by atoms with Crippen LogP contribution in [0.5, 0.6) is 0 Å². The monoisotopic (exact) mass is 286 g/mol. The molecule has 2 aromatic rings. The summed E-state index contributed by atoms with van der Waals surface area (Å²) in [5.41, 5.74) is 2.33. The number of fused-ring (bicyclic) bond motifs is 1. The van der Waals surface area contributed by atoms with E-state index in [1.54, 1.807) is 0 Å². The Hall–Kier alpha value is -1.84. The Morgan fingerprint density at radius 3 is 2.71 bits per heavy atom. The van der Waals surface area contributed by atoms with Crippen molar-refractivity contribution in [3.8, 4) is 0 Å². The predicted molar refractivity (Wildman–Crippen MR) is 84.1 cm³/mol. The molecule has 4 heteroatoms. The Balaban J connectivity index is 2.03. The van der Waals surface area contributed by atoms with Crippen molar-refractivity contribution >= 4 is 10.9 Å². The number of benzene rings is 1. The van der Waals surface area contributed by atoms with Gasteiger partial charge in [0.1, 0.15) is 0 Å². The Bertz CT molecular complexity index is 641. The van der Waals surface area contributed by atoms with Gasteiger partial charge in [0, 0.05) is 29.1 Å². The van der Waals surface area contributed by atoms with Crippen molar-refractivity contribution in [3.63, 3.8) is 0 Å². The van der Waals surface area contributed by atoms with Gasteiger partial charge in [-0.05, 0) is 30.4 Å². The zero-order valence-electron chi connectivity index (χ0n) is 12.5. The van der Waals surface area contributed by atoms with Crippen LogP contribution in [-0.4, -0.2) is 16.0 Å². The lowest BCUT2D eigenvalue weighted by Gasteiger charge is -2.27. The Morgan fingerprint density at radius 1 is 1.29 bits per heavy atom. The van der Waals surface area contributed by atoms with Gasteiger partial charge < -0.3 is 4.57 Å². The van der Waals surface area contributed by atoms with Gasteiger partial charge in [0.25, 0.3) is 0 Å². The van der Waals surface area contributed by atoms with Crippen molar-refractivity contribution < 1.29 is 4.92 Å². The van der Waals surface area contributed by atoms with Crippen LogP contribution < -0.4 is 0 Å². The first-order chi connectivity index (χ1) is 10.2. The van der Waals surface area contributed by atoms with Crippen LogP contribution in [0.1, 0.15) is 43.6 Å².